The van der Waals surface area contributed by atoms with Crippen LogP contribution < -0.4 is 4.74 Å². The number of hydrogen-bond donors (Lipinski definition) is 0. The molecule has 116 valence electrons. The van der Waals surface area contributed by atoms with Crippen molar-refractivity contribution >= 4 is 5.91 Å². The summed E-state index contributed by atoms with van der Waals surface area (Å²) in [4.78, 5) is 14.3. The zero-order valence-electron chi connectivity index (χ0n) is 13.3. The molecule has 0 aliphatic carbocycles. The molecule has 0 bridgehead atoms. The molecule has 3 atom stereocenters. The van der Waals surface area contributed by atoms with E-state index in [2.05, 4.69) is 6.92 Å². The first-order valence-electron chi connectivity index (χ1n) is 7.69. The molecule has 0 unspecified atom stereocenters. The molecule has 0 spiro atoms. The van der Waals surface area contributed by atoms with Crippen LogP contribution in [0.2, 0.25) is 0 Å². The summed E-state index contributed by atoms with van der Waals surface area (Å²) in [5.41, 5.74) is 1.26. The van der Waals surface area contributed by atoms with Gasteiger partial charge in [0.1, 0.15) is 5.75 Å². The third kappa shape index (κ3) is 4.21. The first kappa shape index (κ1) is 15.8. The van der Waals surface area contributed by atoms with Crippen LogP contribution in [0.4, 0.5) is 0 Å². The minimum atomic E-state index is -0.477. The average Bonchev–Trinajstić information content (AvgIpc) is 2.46. The summed E-state index contributed by atoms with van der Waals surface area (Å²) in [7, 11) is 0. The molecule has 0 N–H and O–H groups in total. The highest BCUT2D eigenvalue weighted by atomic mass is 16.5. The first-order valence-corrected chi connectivity index (χ1v) is 7.69. The maximum Gasteiger partial charge on any atom is 0.263 e. The van der Waals surface area contributed by atoms with Crippen molar-refractivity contribution in [1.29, 1.82) is 0 Å². The number of benzene rings is 1. The summed E-state index contributed by atoms with van der Waals surface area (Å²) < 4.78 is 11.4. The van der Waals surface area contributed by atoms with Gasteiger partial charge < -0.3 is 14.4 Å². The molecule has 2 rings (SSSR count). The summed E-state index contributed by atoms with van der Waals surface area (Å²) in [6, 6.07) is 7.91. The molecular formula is C17H25NO3. The Hall–Kier alpha value is -1.55. The minimum Gasteiger partial charge on any atom is -0.481 e. The highest BCUT2D eigenvalue weighted by Crippen LogP contribution is 2.17. The van der Waals surface area contributed by atoms with Crippen LogP contribution in [-0.2, 0) is 16.0 Å². The molecule has 4 heteroatoms. The molecule has 1 heterocycles. The second-order valence-corrected chi connectivity index (χ2v) is 5.76. The lowest BCUT2D eigenvalue weighted by atomic mass is 10.2. The molecule has 1 aliphatic rings. The summed E-state index contributed by atoms with van der Waals surface area (Å²) >= 11 is 0. The van der Waals surface area contributed by atoms with Gasteiger partial charge >= 0.3 is 0 Å². The first-order chi connectivity index (χ1) is 9.99. The van der Waals surface area contributed by atoms with Gasteiger partial charge in [-0.15, -0.1) is 0 Å². The number of aryl methyl sites for hydroxylation is 1. The molecule has 1 aromatic carbocycles. The van der Waals surface area contributed by atoms with Crippen molar-refractivity contribution in [3.63, 3.8) is 0 Å². The quantitative estimate of drug-likeness (QED) is 0.856. The third-order valence-electron chi connectivity index (χ3n) is 3.72. The van der Waals surface area contributed by atoms with Crippen molar-refractivity contribution < 1.29 is 14.3 Å². The fraction of sp³-hybridized carbons (Fsp3) is 0.588. The van der Waals surface area contributed by atoms with Crippen molar-refractivity contribution in [2.75, 3.05) is 13.1 Å². The van der Waals surface area contributed by atoms with Gasteiger partial charge in [-0.1, -0.05) is 19.1 Å². The fourth-order valence-electron chi connectivity index (χ4n) is 2.67. The van der Waals surface area contributed by atoms with Crippen molar-refractivity contribution in [2.45, 2.75) is 52.4 Å². The monoisotopic (exact) mass is 291 g/mol. The molecule has 4 nitrogen and oxygen atoms in total. The fourth-order valence-corrected chi connectivity index (χ4v) is 2.67. The van der Waals surface area contributed by atoms with Crippen molar-refractivity contribution in [2.24, 2.45) is 0 Å². The van der Waals surface area contributed by atoms with Gasteiger partial charge in [0.05, 0.1) is 12.2 Å². The second-order valence-electron chi connectivity index (χ2n) is 5.76. The Labute approximate surface area is 127 Å². The maximum atomic E-state index is 12.5. The molecule has 21 heavy (non-hydrogen) atoms. The number of amides is 1. The summed E-state index contributed by atoms with van der Waals surface area (Å²) in [5, 5.41) is 0. The second kappa shape index (κ2) is 6.94. The number of rotatable bonds is 4. The third-order valence-corrected chi connectivity index (χ3v) is 3.72. The predicted molar refractivity (Wildman–Crippen MR) is 82.5 cm³/mol. The molecule has 0 radical (unpaired) electrons. The Morgan fingerprint density at radius 1 is 1.29 bits per heavy atom. The van der Waals surface area contributed by atoms with E-state index in [4.69, 9.17) is 9.47 Å². The zero-order valence-corrected chi connectivity index (χ0v) is 13.3. The lowest BCUT2D eigenvalue weighted by molar-refractivity contribution is -0.149. The molecular weight excluding hydrogens is 266 g/mol. The van der Waals surface area contributed by atoms with Crippen molar-refractivity contribution in [3.05, 3.63) is 29.8 Å². The molecule has 1 aromatic rings. The number of morpholine rings is 1. The Kier molecular flexibility index (Phi) is 5.23. The van der Waals surface area contributed by atoms with Gasteiger partial charge in [0.2, 0.25) is 0 Å². The van der Waals surface area contributed by atoms with Gasteiger partial charge in [-0.3, -0.25) is 4.79 Å². The van der Waals surface area contributed by atoms with E-state index < -0.39 is 6.10 Å². The van der Waals surface area contributed by atoms with E-state index in [-0.39, 0.29) is 18.1 Å². The average molecular weight is 291 g/mol. The largest absolute Gasteiger partial charge is 0.481 e. The van der Waals surface area contributed by atoms with E-state index in [1.54, 1.807) is 6.92 Å². The minimum absolute atomic E-state index is 0.0246. The Morgan fingerprint density at radius 3 is 2.38 bits per heavy atom. The van der Waals surface area contributed by atoms with Crippen LogP contribution in [0.15, 0.2) is 24.3 Å². The van der Waals surface area contributed by atoms with Crippen LogP contribution in [0.3, 0.4) is 0 Å². The van der Waals surface area contributed by atoms with E-state index in [0.29, 0.717) is 13.1 Å². The number of carbonyl (C=O) groups is 1. The summed E-state index contributed by atoms with van der Waals surface area (Å²) in [6.45, 7) is 9.16. The van der Waals surface area contributed by atoms with Crippen molar-refractivity contribution in [1.82, 2.24) is 4.90 Å². The lowest BCUT2D eigenvalue weighted by Crippen LogP contribution is -2.51. The van der Waals surface area contributed by atoms with E-state index in [0.717, 1.165) is 12.2 Å². The Morgan fingerprint density at radius 2 is 1.86 bits per heavy atom. The van der Waals surface area contributed by atoms with E-state index in [1.807, 2.05) is 43.0 Å². The molecule has 0 saturated carbocycles. The van der Waals surface area contributed by atoms with E-state index >= 15 is 0 Å². The van der Waals surface area contributed by atoms with Gasteiger partial charge in [0.25, 0.3) is 5.91 Å². The predicted octanol–water partition coefficient (Wildman–Crippen LogP) is 2.65. The molecule has 1 amide bonds. The van der Waals surface area contributed by atoms with Crippen LogP contribution in [0.25, 0.3) is 0 Å². The van der Waals surface area contributed by atoms with Crippen LogP contribution in [0.1, 0.15) is 33.3 Å². The number of nitrogens with zero attached hydrogens (tertiary/aromatic N) is 1. The molecule has 1 fully saturated rings. The van der Waals surface area contributed by atoms with Gasteiger partial charge in [-0.2, -0.15) is 0 Å². The highest BCUT2D eigenvalue weighted by Gasteiger charge is 2.29. The topological polar surface area (TPSA) is 38.8 Å². The normalized spacial score (nSPS) is 23.7. The lowest BCUT2D eigenvalue weighted by Gasteiger charge is -2.36. The van der Waals surface area contributed by atoms with Gasteiger partial charge in [-0.05, 0) is 44.9 Å². The SMILES string of the molecule is CCc1ccc(O[C@@H](C)C(=O)N2C[C@H](C)O[C@@H](C)C2)cc1. The van der Waals surface area contributed by atoms with Crippen molar-refractivity contribution in [3.8, 4) is 5.75 Å². The van der Waals surface area contributed by atoms with E-state index in [1.165, 1.54) is 5.56 Å². The summed E-state index contributed by atoms with van der Waals surface area (Å²) in [6.07, 6.45) is 0.677. The maximum absolute atomic E-state index is 12.5. The smallest absolute Gasteiger partial charge is 0.263 e. The standard InChI is InChI=1S/C17H25NO3/c1-5-15-6-8-16(9-7-15)21-14(4)17(19)18-10-12(2)20-13(3)11-18/h6-9,12-14H,5,10-11H2,1-4H3/t12-,13-,14-/m0/s1. The van der Waals surface area contributed by atoms with Gasteiger partial charge in [0.15, 0.2) is 6.10 Å². The van der Waals surface area contributed by atoms with Crippen LogP contribution in [0.5, 0.6) is 5.75 Å². The Balaban J connectivity index is 1.95. The number of carbonyl (C=O) groups excluding carboxylic acids is 1. The number of hydrogen-bond acceptors (Lipinski definition) is 3. The van der Waals surface area contributed by atoms with Gasteiger partial charge in [0, 0.05) is 13.1 Å². The van der Waals surface area contributed by atoms with E-state index in [9.17, 15) is 4.79 Å². The molecule has 1 saturated heterocycles. The zero-order chi connectivity index (χ0) is 15.4. The highest BCUT2D eigenvalue weighted by molar-refractivity contribution is 5.81. The van der Waals surface area contributed by atoms with Crippen LogP contribution >= 0.6 is 0 Å². The molecule has 1 aliphatic heterocycles. The van der Waals surface area contributed by atoms with Crippen LogP contribution in [-0.4, -0.2) is 42.2 Å². The van der Waals surface area contributed by atoms with Gasteiger partial charge in [-0.25, -0.2) is 0 Å². The summed E-state index contributed by atoms with van der Waals surface area (Å²) in [5.74, 6) is 0.763. The number of ether oxygens (including phenoxy) is 2. The molecule has 0 aromatic heterocycles. The van der Waals surface area contributed by atoms with Crippen LogP contribution in [0, 0.1) is 0 Å². The Bertz CT molecular complexity index is 461.